The van der Waals surface area contributed by atoms with Crippen molar-refractivity contribution in [2.45, 2.75) is 76.7 Å². The minimum atomic E-state index is -4.54. The molecule has 0 aromatic rings. The standard InChI is InChI=1S/C12H24O4S.Na/c13-17(14,15)16-12-10-8-6-4-2-1-3-5-7-9-11-12;/h12H,1-11H2,(H,13,14,15);/q;+1/p-1. The summed E-state index contributed by atoms with van der Waals surface area (Å²) in [6, 6.07) is 0. The van der Waals surface area contributed by atoms with Crippen LogP contribution in [-0.4, -0.2) is 19.1 Å². The van der Waals surface area contributed by atoms with Gasteiger partial charge in [0.1, 0.15) is 0 Å². The van der Waals surface area contributed by atoms with Crippen molar-refractivity contribution in [2.24, 2.45) is 0 Å². The van der Waals surface area contributed by atoms with Crippen LogP contribution < -0.4 is 29.6 Å². The van der Waals surface area contributed by atoms with E-state index in [1.165, 1.54) is 32.1 Å². The van der Waals surface area contributed by atoms with Crippen molar-refractivity contribution >= 4 is 10.4 Å². The van der Waals surface area contributed by atoms with Crippen LogP contribution in [-0.2, 0) is 14.6 Å². The van der Waals surface area contributed by atoms with Crippen molar-refractivity contribution in [3.05, 3.63) is 0 Å². The molecule has 1 aliphatic rings. The van der Waals surface area contributed by atoms with Crippen LogP contribution >= 0.6 is 0 Å². The van der Waals surface area contributed by atoms with Gasteiger partial charge in [-0.15, -0.1) is 0 Å². The Morgan fingerprint density at radius 3 is 1.44 bits per heavy atom. The third-order valence-electron chi connectivity index (χ3n) is 3.31. The molecule has 6 heteroatoms. The van der Waals surface area contributed by atoms with E-state index in [0.717, 1.165) is 25.7 Å². The first-order chi connectivity index (χ1) is 8.08. The van der Waals surface area contributed by atoms with Crippen LogP contribution in [0.5, 0.6) is 0 Å². The summed E-state index contributed by atoms with van der Waals surface area (Å²) in [6.45, 7) is 0. The summed E-state index contributed by atoms with van der Waals surface area (Å²) in [5.41, 5.74) is 0. The molecule has 0 aromatic carbocycles. The van der Waals surface area contributed by atoms with E-state index < -0.39 is 16.5 Å². The van der Waals surface area contributed by atoms with Gasteiger partial charge in [-0.05, 0) is 12.8 Å². The molecule has 0 saturated heterocycles. The number of rotatable bonds is 2. The molecule has 1 fully saturated rings. The van der Waals surface area contributed by atoms with Crippen molar-refractivity contribution in [3.8, 4) is 0 Å². The minimum Gasteiger partial charge on any atom is -0.726 e. The average molecular weight is 286 g/mol. The fraction of sp³-hybridized carbons (Fsp3) is 1.00. The predicted octanol–water partition coefficient (Wildman–Crippen LogP) is 0.141. The molecule has 0 unspecified atom stereocenters. The molecule has 1 aliphatic carbocycles. The Kier molecular flexibility index (Phi) is 11.1. The first kappa shape index (κ1) is 18.9. The summed E-state index contributed by atoms with van der Waals surface area (Å²) in [7, 11) is -4.54. The van der Waals surface area contributed by atoms with Gasteiger partial charge in [0.2, 0.25) is 10.4 Å². The first-order valence-electron chi connectivity index (χ1n) is 6.72. The third kappa shape index (κ3) is 10.8. The molecule has 102 valence electrons. The molecule has 4 nitrogen and oxygen atoms in total. The Bertz CT molecular complexity index is 280. The zero-order chi connectivity index (χ0) is 12.6. The van der Waals surface area contributed by atoms with Gasteiger partial charge in [-0.1, -0.05) is 57.8 Å². The van der Waals surface area contributed by atoms with Crippen LogP contribution in [0.15, 0.2) is 0 Å². The van der Waals surface area contributed by atoms with Gasteiger partial charge < -0.3 is 4.55 Å². The Balaban J connectivity index is 0.00000289. The van der Waals surface area contributed by atoms with Crippen LogP contribution in [0.2, 0.25) is 0 Å². The predicted molar refractivity (Wildman–Crippen MR) is 65.4 cm³/mol. The molecule has 0 radical (unpaired) electrons. The molecular weight excluding hydrogens is 263 g/mol. The van der Waals surface area contributed by atoms with Crippen molar-refractivity contribution in [3.63, 3.8) is 0 Å². The van der Waals surface area contributed by atoms with Crippen LogP contribution in [0.4, 0.5) is 0 Å². The first-order valence-corrected chi connectivity index (χ1v) is 8.05. The maximum Gasteiger partial charge on any atom is 1.00 e. The van der Waals surface area contributed by atoms with Crippen molar-refractivity contribution in [1.29, 1.82) is 0 Å². The minimum absolute atomic E-state index is 0. The van der Waals surface area contributed by atoms with E-state index in [9.17, 15) is 13.0 Å². The molecule has 0 atom stereocenters. The molecule has 0 heterocycles. The summed E-state index contributed by atoms with van der Waals surface area (Å²) in [6.07, 6.45) is 11.4. The molecular formula is C12H23NaO4S. The van der Waals surface area contributed by atoms with Gasteiger partial charge in [-0.3, -0.25) is 4.18 Å². The Hall–Kier alpha value is 0.870. The quantitative estimate of drug-likeness (QED) is 0.411. The van der Waals surface area contributed by atoms with Gasteiger partial charge in [0, 0.05) is 0 Å². The average Bonchev–Trinajstić information content (AvgIpc) is 2.20. The smallest absolute Gasteiger partial charge is 0.726 e. The molecule has 1 saturated carbocycles. The summed E-state index contributed by atoms with van der Waals surface area (Å²) in [4.78, 5) is 0. The zero-order valence-corrected chi connectivity index (χ0v) is 14.2. The second-order valence-electron chi connectivity index (χ2n) is 4.89. The van der Waals surface area contributed by atoms with E-state index in [1.807, 2.05) is 0 Å². The SMILES string of the molecule is O=S(=O)([O-])OC1CCCCCCCCCCC1.[Na+]. The van der Waals surface area contributed by atoms with E-state index in [2.05, 4.69) is 4.18 Å². The van der Waals surface area contributed by atoms with Crippen LogP contribution in [0.25, 0.3) is 0 Å². The molecule has 0 aliphatic heterocycles. The van der Waals surface area contributed by atoms with Gasteiger partial charge in [-0.25, -0.2) is 8.42 Å². The van der Waals surface area contributed by atoms with Crippen LogP contribution in [0.3, 0.4) is 0 Å². The molecule has 0 amide bonds. The van der Waals surface area contributed by atoms with E-state index in [0.29, 0.717) is 12.8 Å². The van der Waals surface area contributed by atoms with Gasteiger partial charge in [0.25, 0.3) is 0 Å². The second kappa shape index (κ2) is 10.6. The van der Waals surface area contributed by atoms with Crippen molar-refractivity contribution < 1.29 is 46.7 Å². The molecule has 1 rings (SSSR count). The van der Waals surface area contributed by atoms with Crippen molar-refractivity contribution in [1.82, 2.24) is 0 Å². The number of hydrogen-bond donors (Lipinski definition) is 0. The van der Waals surface area contributed by atoms with Crippen LogP contribution in [0.1, 0.15) is 70.6 Å². The maximum absolute atomic E-state index is 10.6. The van der Waals surface area contributed by atoms with Crippen LogP contribution in [0, 0.1) is 0 Å². The van der Waals surface area contributed by atoms with Gasteiger partial charge in [-0.2, -0.15) is 0 Å². The van der Waals surface area contributed by atoms with E-state index in [-0.39, 0.29) is 29.6 Å². The molecule has 0 aromatic heterocycles. The van der Waals surface area contributed by atoms with E-state index >= 15 is 0 Å². The summed E-state index contributed by atoms with van der Waals surface area (Å²) in [5, 5.41) is 0. The van der Waals surface area contributed by atoms with E-state index in [4.69, 9.17) is 0 Å². The summed E-state index contributed by atoms with van der Waals surface area (Å²) in [5.74, 6) is 0. The molecule has 0 N–H and O–H groups in total. The monoisotopic (exact) mass is 286 g/mol. The zero-order valence-electron chi connectivity index (χ0n) is 11.4. The van der Waals surface area contributed by atoms with Gasteiger partial charge in [0.15, 0.2) is 0 Å². The molecule has 18 heavy (non-hydrogen) atoms. The summed E-state index contributed by atoms with van der Waals surface area (Å²) >= 11 is 0. The molecule has 0 bridgehead atoms. The van der Waals surface area contributed by atoms with Gasteiger partial charge >= 0.3 is 29.6 Å². The second-order valence-corrected chi connectivity index (χ2v) is 5.89. The van der Waals surface area contributed by atoms with Crippen molar-refractivity contribution in [2.75, 3.05) is 0 Å². The summed E-state index contributed by atoms with van der Waals surface area (Å²) < 4.78 is 36.4. The largest absolute Gasteiger partial charge is 1.00 e. The van der Waals surface area contributed by atoms with Gasteiger partial charge in [0.05, 0.1) is 6.10 Å². The Morgan fingerprint density at radius 1 is 0.778 bits per heavy atom. The topological polar surface area (TPSA) is 66.4 Å². The third-order valence-corrected chi connectivity index (χ3v) is 3.81. The molecule has 0 spiro atoms. The maximum atomic E-state index is 10.6. The fourth-order valence-electron chi connectivity index (χ4n) is 2.39. The number of hydrogen-bond acceptors (Lipinski definition) is 4. The Labute approximate surface area is 133 Å². The van der Waals surface area contributed by atoms with E-state index in [1.54, 1.807) is 0 Å². The normalized spacial score (nSPS) is 21.4. The fourth-order valence-corrected chi connectivity index (χ4v) is 2.91. The Morgan fingerprint density at radius 2 is 1.11 bits per heavy atom.